The molecule has 0 bridgehead atoms. The highest BCUT2D eigenvalue weighted by Gasteiger charge is 2.22. The normalized spacial score (nSPS) is 13.9. The lowest BCUT2D eigenvalue weighted by Crippen LogP contribution is -2.35. The number of nitrogens with one attached hydrogen (secondary N) is 1. The second-order valence-corrected chi connectivity index (χ2v) is 7.41. The third kappa shape index (κ3) is 3.60. The van der Waals surface area contributed by atoms with Gasteiger partial charge >= 0.3 is 0 Å². The van der Waals surface area contributed by atoms with E-state index in [1.165, 1.54) is 0 Å². The Bertz CT molecular complexity index is 1230. The molecule has 0 unspecified atom stereocenters. The van der Waals surface area contributed by atoms with Gasteiger partial charge in [-0.05, 0) is 36.4 Å². The number of H-pyrrole nitrogens is 1. The molecule has 3 N–H and O–H groups in total. The molecule has 0 spiro atoms. The van der Waals surface area contributed by atoms with Crippen LogP contribution in [0.25, 0.3) is 17.1 Å². The summed E-state index contributed by atoms with van der Waals surface area (Å²) in [6.07, 6.45) is 2.64. The summed E-state index contributed by atoms with van der Waals surface area (Å²) in [7, 11) is 0. The standard InChI is InChI=1S/C22H21N7O/c23-16-8-6-15(7-9-16)21-24-20-10-11-28(14-19(20)22(30)25-21)12-17-13-29(27-26-17)18-4-2-1-3-5-18/h1-9,13H,10-12,14,23H2,(H,24,25,30). The first-order valence-electron chi connectivity index (χ1n) is 9.83. The number of para-hydroxylation sites is 1. The summed E-state index contributed by atoms with van der Waals surface area (Å²) >= 11 is 0. The van der Waals surface area contributed by atoms with Crippen molar-refractivity contribution in [3.8, 4) is 17.1 Å². The first-order valence-corrected chi connectivity index (χ1v) is 9.83. The summed E-state index contributed by atoms with van der Waals surface area (Å²) < 4.78 is 1.76. The van der Waals surface area contributed by atoms with Gasteiger partial charge in [-0.25, -0.2) is 9.67 Å². The zero-order valence-electron chi connectivity index (χ0n) is 16.3. The molecule has 8 nitrogen and oxygen atoms in total. The number of hydrogen-bond acceptors (Lipinski definition) is 6. The van der Waals surface area contributed by atoms with Gasteiger partial charge in [0.2, 0.25) is 0 Å². The first-order chi connectivity index (χ1) is 14.7. The molecule has 8 heteroatoms. The zero-order chi connectivity index (χ0) is 20.5. The number of aromatic nitrogens is 5. The molecule has 3 heterocycles. The van der Waals surface area contributed by atoms with Crippen LogP contribution in [0.15, 0.2) is 65.6 Å². The van der Waals surface area contributed by atoms with Gasteiger partial charge in [-0.2, -0.15) is 0 Å². The maximum atomic E-state index is 12.7. The monoisotopic (exact) mass is 399 g/mol. The summed E-state index contributed by atoms with van der Waals surface area (Å²) in [4.78, 5) is 22.5. The number of nitrogens with two attached hydrogens (primary N) is 1. The van der Waals surface area contributed by atoms with Crippen LogP contribution in [-0.4, -0.2) is 36.4 Å². The fraction of sp³-hybridized carbons (Fsp3) is 0.182. The van der Waals surface area contributed by atoms with Crippen LogP contribution in [0.2, 0.25) is 0 Å². The Kier molecular flexibility index (Phi) is 4.61. The van der Waals surface area contributed by atoms with E-state index < -0.39 is 0 Å². The van der Waals surface area contributed by atoms with Gasteiger partial charge in [-0.3, -0.25) is 9.69 Å². The van der Waals surface area contributed by atoms with Crippen LogP contribution in [0.1, 0.15) is 17.0 Å². The highest BCUT2D eigenvalue weighted by molar-refractivity contribution is 5.58. The van der Waals surface area contributed by atoms with Gasteiger partial charge < -0.3 is 10.7 Å². The number of aromatic amines is 1. The van der Waals surface area contributed by atoms with Gasteiger partial charge in [-0.1, -0.05) is 23.4 Å². The van der Waals surface area contributed by atoms with E-state index in [9.17, 15) is 4.79 Å². The molecule has 1 aliphatic rings. The highest BCUT2D eigenvalue weighted by atomic mass is 16.1. The molecule has 0 aliphatic carbocycles. The summed E-state index contributed by atoms with van der Waals surface area (Å²) in [6, 6.07) is 17.2. The molecule has 4 aromatic rings. The van der Waals surface area contributed by atoms with Crippen molar-refractivity contribution in [2.75, 3.05) is 12.3 Å². The van der Waals surface area contributed by atoms with Crippen LogP contribution in [0, 0.1) is 0 Å². The quantitative estimate of drug-likeness (QED) is 0.510. The van der Waals surface area contributed by atoms with Gasteiger partial charge in [0.15, 0.2) is 0 Å². The fourth-order valence-corrected chi connectivity index (χ4v) is 3.70. The number of hydrogen-bond donors (Lipinski definition) is 2. The summed E-state index contributed by atoms with van der Waals surface area (Å²) in [5.74, 6) is 0.581. The molecule has 5 rings (SSSR count). The molecule has 0 radical (unpaired) electrons. The van der Waals surface area contributed by atoms with Crippen molar-refractivity contribution in [1.29, 1.82) is 0 Å². The molecule has 150 valence electrons. The molecule has 0 atom stereocenters. The number of benzene rings is 2. The van der Waals surface area contributed by atoms with Crippen LogP contribution in [0.4, 0.5) is 5.69 Å². The predicted molar refractivity (Wildman–Crippen MR) is 114 cm³/mol. The molecule has 2 aromatic heterocycles. The number of nitrogens with zero attached hydrogens (tertiary/aromatic N) is 5. The lowest BCUT2D eigenvalue weighted by atomic mass is 10.1. The molecule has 0 saturated heterocycles. The van der Waals surface area contributed by atoms with E-state index in [1.54, 1.807) is 16.8 Å². The molecular formula is C22H21N7O. The Balaban J connectivity index is 1.34. The van der Waals surface area contributed by atoms with Crippen LogP contribution in [0.3, 0.4) is 0 Å². The SMILES string of the molecule is Nc1ccc(-c2nc3c(c(=O)[nH]2)CN(Cc2cn(-c4ccccc4)nn2)CC3)cc1. The van der Waals surface area contributed by atoms with Crippen LogP contribution in [-0.2, 0) is 19.5 Å². The number of anilines is 1. The Hall–Kier alpha value is -3.78. The molecule has 0 amide bonds. The predicted octanol–water partition coefficient (Wildman–Crippen LogP) is 2.16. The zero-order valence-corrected chi connectivity index (χ0v) is 16.3. The molecule has 0 fully saturated rings. The topological polar surface area (TPSA) is 106 Å². The molecular weight excluding hydrogens is 378 g/mol. The molecule has 1 aliphatic heterocycles. The number of fused-ring (bicyclic) bond motifs is 1. The van der Waals surface area contributed by atoms with Crippen LogP contribution >= 0.6 is 0 Å². The van der Waals surface area contributed by atoms with E-state index in [1.807, 2.05) is 48.7 Å². The minimum Gasteiger partial charge on any atom is -0.399 e. The van der Waals surface area contributed by atoms with Crippen LogP contribution in [0.5, 0.6) is 0 Å². The van der Waals surface area contributed by atoms with Gasteiger partial charge in [0.05, 0.1) is 28.8 Å². The maximum absolute atomic E-state index is 12.7. The average Bonchev–Trinajstić information content (AvgIpc) is 3.24. The van der Waals surface area contributed by atoms with E-state index >= 15 is 0 Å². The third-order valence-corrected chi connectivity index (χ3v) is 5.28. The van der Waals surface area contributed by atoms with Gasteiger partial charge in [0.25, 0.3) is 5.56 Å². The van der Waals surface area contributed by atoms with Crippen molar-refractivity contribution in [3.63, 3.8) is 0 Å². The number of nitrogen functional groups attached to an aromatic ring is 1. The van der Waals surface area contributed by atoms with Crippen molar-refractivity contribution < 1.29 is 0 Å². The van der Waals surface area contributed by atoms with E-state index in [0.717, 1.165) is 34.7 Å². The second kappa shape index (κ2) is 7.57. The Morgan fingerprint density at radius 3 is 2.67 bits per heavy atom. The van der Waals surface area contributed by atoms with Gasteiger partial charge in [0, 0.05) is 37.3 Å². The minimum absolute atomic E-state index is 0.0931. The summed E-state index contributed by atoms with van der Waals surface area (Å²) in [6.45, 7) is 1.98. The minimum atomic E-state index is -0.0931. The first kappa shape index (κ1) is 18.3. The summed E-state index contributed by atoms with van der Waals surface area (Å²) in [5.41, 5.74) is 10.6. The second-order valence-electron chi connectivity index (χ2n) is 7.41. The highest BCUT2D eigenvalue weighted by Crippen LogP contribution is 2.20. The van der Waals surface area contributed by atoms with Crippen LogP contribution < -0.4 is 11.3 Å². The van der Waals surface area contributed by atoms with E-state index in [-0.39, 0.29) is 5.56 Å². The average molecular weight is 399 g/mol. The Morgan fingerprint density at radius 1 is 1.07 bits per heavy atom. The fourth-order valence-electron chi connectivity index (χ4n) is 3.70. The van der Waals surface area contributed by atoms with E-state index in [4.69, 9.17) is 10.7 Å². The largest absolute Gasteiger partial charge is 0.399 e. The summed E-state index contributed by atoms with van der Waals surface area (Å²) in [5, 5.41) is 8.50. The lowest BCUT2D eigenvalue weighted by Gasteiger charge is -2.26. The molecule has 0 saturated carbocycles. The van der Waals surface area contributed by atoms with Crippen molar-refractivity contribution in [1.82, 2.24) is 29.9 Å². The smallest absolute Gasteiger partial charge is 0.255 e. The number of rotatable bonds is 4. The van der Waals surface area contributed by atoms with E-state index in [0.29, 0.717) is 31.0 Å². The van der Waals surface area contributed by atoms with Gasteiger partial charge in [-0.15, -0.1) is 5.10 Å². The van der Waals surface area contributed by atoms with Crippen molar-refractivity contribution in [3.05, 3.63) is 88.1 Å². The van der Waals surface area contributed by atoms with Crippen molar-refractivity contribution in [2.24, 2.45) is 0 Å². The van der Waals surface area contributed by atoms with Crippen molar-refractivity contribution >= 4 is 5.69 Å². The lowest BCUT2D eigenvalue weighted by molar-refractivity contribution is 0.239. The maximum Gasteiger partial charge on any atom is 0.255 e. The Morgan fingerprint density at radius 2 is 1.87 bits per heavy atom. The van der Waals surface area contributed by atoms with E-state index in [2.05, 4.69) is 20.2 Å². The van der Waals surface area contributed by atoms with Crippen molar-refractivity contribution in [2.45, 2.75) is 19.5 Å². The van der Waals surface area contributed by atoms with Gasteiger partial charge in [0.1, 0.15) is 5.82 Å². The third-order valence-electron chi connectivity index (χ3n) is 5.28. The Labute approximate surface area is 173 Å². The molecule has 2 aromatic carbocycles. The molecule has 30 heavy (non-hydrogen) atoms.